The van der Waals surface area contributed by atoms with Crippen LogP contribution in [0.25, 0.3) is 0 Å². The zero-order valence-corrected chi connectivity index (χ0v) is 10.1. The largest absolute Gasteiger partial charge is 0.384 e. The van der Waals surface area contributed by atoms with E-state index in [2.05, 4.69) is 9.97 Å². The molecule has 2 rings (SSSR count). The lowest BCUT2D eigenvalue weighted by molar-refractivity contribution is 0.0783. The van der Waals surface area contributed by atoms with E-state index in [0.717, 1.165) is 5.69 Å². The fourth-order valence-electron chi connectivity index (χ4n) is 1.43. The summed E-state index contributed by atoms with van der Waals surface area (Å²) < 4.78 is 0. The first-order valence-corrected chi connectivity index (χ1v) is 5.95. The van der Waals surface area contributed by atoms with Gasteiger partial charge in [0.2, 0.25) is 0 Å². The number of amides is 1. The van der Waals surface area contributed by atoms with Crippen molar-refractivity contribution in [2.24, 2.45) is 0 Å². The summed E-state index contributed by atoms with van der Waals surface area (Å²) in [5, 5.41) is 1.92. The number of nitrogens with zero attached hydrogens (tertiary/aromatic N) is 3. The molecule has 2 N–H and O–H groups in total. The van der Waals surface area contributed by atoms with Crippen molar-refractivity contribution in [2.45, 2.75) is 6.54 Å². The summed E-state index contributed by atoms with van der Waals surface area (Å²) in [5.41, 5.74) is 8.71. The molecule has 1 amide bonds. The van der Waals surface area contributed by atoms with E-state index in [4.69, 9.17) is 5.73 Å². The Hall–Kier alpha value is -1.95. The van der Waals surface area contributed by atoms with Crippen molar-refractivity contribution >= 4 is 23.1 Å². The number of carbonyl (C=O) groups excluding carboxylic acids is 1. The average molecular weight is 248 g/mol. The second-order valence-corrected chi connectivity index (χ2v) is 4.33. The Bertz CT molecular complexity index is 512. The van der Waals surface area contributed by atoms with Gasteiger partial charge in [0, 0.05) is 24.2 Å². The lowest BCUT2D eigenvalue weighted by atomic mass is 10.2. The third-order valence-electron chi connectivity index (χ3n) is 2.26. The highest BCUT2D eigenvalue weighted by Crippen LogP contribution is 2.09. The molecule has 88 valence electrons. The van der Waals surface area contributed by atoms with E-state index in [9.17, 15) is 4.79 Å². The summed E-state index contributed by atoms with van der Waals surface area (Å²) in [6.45, 7) is 0.491. The molecule has 2 aromatic heterocycles. The van der Waals surface area contributed by atoms with E-state index in [1.165, 1.54) is 17.5 Å². The molecule has 0 fully saturated rings. The summed E-state index contributed by atoms with van der Waals surface area (Å²) >= 11 is 1.51. The predicted octanol–water partition coefficient (Wildman–Crippen LogP) is 1.39. The number of pyridine rings is 1. The number of thiazole rings is 1. The molecule has 0 saturated heterocycles. The van der Waals surface area contributed by atoms with E-state index >= 15 is 0 Å². The quantitative estimate of drug-likeness (QED) is 0.891. The Morgan fingerprint density at radius 3 is 3.00 bits per heavy atom. The standard InChI is InChI=1S/C11H12N4OS/c1-15(5-9-6-17-7-14-9)11(16)8-2-3-13-10(12)4-8/h2-4,6-7H,5H2,1H3,(H2,12,13). The zero-order chi connectivity index (χ0) is 12.3. The summed E-state index contributed by atoms with van der Waals surface area (Å²) in [6.07, 6.45) is 1.53. The van der Waals surface area contributed by atoms with Crippen molar-refractivity contribution in [3.05, 3.63) is 40.5 Å². The molecule has 0 aliphatic carbocycles. The molecule has 6 heteroatoms. The molecule has 17 heavy (non-hydrogen) atoms. The Labute approximate surface area is 103 Å². The number of nitrogens with two attached hydrogens (primary N) is 1. The minimum absolute atomic E-state index is 0.0906. The van der Waals surface area contributed by atoms with E-state index in [0.29, 0.717) is 17.9 Å². The topological polar surface area (TPSA) is 72.1 Å². The van der Waals surface area contributed by atoms with Gasteiger partial charge in [-0.1, -0.05) is 0 Å². The van der Waals surface area contributed by atoms with E-state index < -0.39 is 0 Å². The molecule has 0 aliphatic rings. The van der Waals surface area contributed by atoms with Gasteiger partial charge in [-0.3, -0.25) is 4.79 Å². The van der Waals surface area contributed by atoms with E-state index in [-0.39, 0.29) is 5.91 Å². The van der Waals surface area contributed by atoms with E-state index in [1.54, 1.807) is 29.6 Å². The number of hydrogen-bond donors (Lipinski definition) is 1. The first-order chi connectivity index (χ1) is 8.16. The second-order valence-electron chi connectivity index (χ2n) is 3.61. The fraction of sp³-hybridized carbons (Fsp3) is 0.182. The smallest absolute Gasteiger partial charge is 0.254 e. The van der Waals surface area contributed by atoms with Crippen LogP contribution in [0.3, 0.4) is 0 Å². The summed E-state index contributed by atoms with van der Waals surface area (Å²) in [5.74, 6) is 0.255. The molecule has 0 spiro atoms. The van der Waals surface area contributed by atoms with Gasteiger partial charge in [0.1, 0.15) is 5.82 Å². The fourth-order valence-corrected chi connectivity index (χ4v) is 1.98. The van der Waals surface area contributed by atoms with Crippen molar-refractivity contribution in [3.8, 4) is 0 Å². The third kappa shape index (κ3) is 2.79. The number of rotatable bonds is 3. The number of nitrogen functional groups attached to an aromatic ring is 1. The van der Waals surface area contributed by atoms with Gasteiger partial charge in [0.25, 0.3) is 5.91 Å². The highest BCUT2D eigenvalue weighted by molar-refractivity contribution is 7.07. The number of anilines is 1. The Morgan fingerprint density at radius 1 is 1.53 bits per heavy atom. The molecule has 2 aromatic rings. The van der Waals surface area contributed by atoms with Crippen molar-refractivity contribution in [1.29, 1.82) is 0 Å². The molecule has 0 atom stereocenters. The molecule has 5 nitrogen and oxygen atoms in total. The van der Waals surface area contributed by atoms with Gasteiger partial charge in [-0.25, -0.2) is 9.97 Å². The monoisotopic (exact) mass is 248 g/mol. The van der Waals surface area contributed by atoms with Crippen LogP contribution < -0.4 is 5.73 Å². The van der Waals surface area contributed by atoms with Crippen LogP contribution in [0.1, 0.15) is 16.1 Å². The first-order valence-electron chi connectivity index (χ1n) is 5.01. The lowest BCUT2D eigenvalue weighted by Crippen LogP contribution is -2.26. The number of carbonyl (C=O) groups is 1. The summed E-state index contributed by atoms with van der Waals surface area (Å²) in [4.78, 5) is 21.6. The van der Waals surface area contributed by atoms with Gasteiger partial charge in [-0.05, 0) is 12.1 Å². The number of aromatic nitrogens is 2. The Balaban J connectivity index is 2.09. The molecule has 0 radical (unpaired) electrons. The lowest BCUT2D eigenvalue weighted by Gasteiger charge is -2.15. The van der Waals surface area contributed by atoms with Crippen LogP contribution in [0.5, 0.6) is 0 Å². The van der Waals surface area contributed by atoms with Crippen LogP contribution in [0.2, 0.25) is 0 Å². The molecule has 0 aromatic carbocycles. The average Bonchev–Trinajstić information content (AvgIpc) is 2.80. The summed E-state index contributed by atoms with van der Waals surface area (Å²) in [7, 11) is 1.73. The van der Waals surface area contributed by atoms with Crippen LogP contribution in [0.15, 0.2) is 29.2 Å². The third-order valence-corrected chi connectivity index (χ3v) is 2.89. The van der Waals surface area contributed by atoms with Crippen LogP contribution in [-0.2, 0) is 6.54 Å². The minimum atomic E-state index is -0.0906. The molecule has 0 saturated carbocycles. The van der Waals surface area contributed by atoms with E-state index in [1.807, 2.05) is 5.38 Å². The molecule has 0 bridgehead atoms. The first kappa shape index (κ1) is 11.5. The van der Waals surface area contributed by atoms with Gasteiger partial charge in [0.05, 0.1) is 17.7 Å². The molecule has 2 heterocycles. The molecule has 0 aliphatic heterocycles. The van der Waals surface area contributed by atoms with Crippen LogP contribution in [0, 0.1) is 0 Å². The Morgan fingerprint density at radius 2 is 2.35 bits per heavy atom. The minimum Gasteiger partial charge on any atom is -0.384 e. The highest BCUT2D eigenvalue weighted by atomic mass is 32.1. The molecular formula is C11H12N4OS. The number of hydrogen-bond acceptors (Lipinski definition) is 5. The van der Waals surface area contributed by atoms with Crippen LogP contribution >= 0.6 is 11.3 Å². The maximum atomic E-state index is 12.0. The molecule has 0 unspecified atom stereocenters. The van der Waals surface area contributed by atoms with Crippen molar-refractivity contribution in [2.75, 3.05) is 12.8 Å². The van der Waals surface area contributed by atoms with Crippen molar-refractivity contribution in [3.63, 3.8) is 0 Å². The van der Waals surface area contributed by atoms with Gasteiger partial charge in [-0.2, -0.15) is 0 Å². The summed E-state index contributed by atoms with van der Waals surface area (Å²) in [6, 6.07) is 3.22. The van der Waals surface area contributed by atoms with Crippen LogP contribution in [0.4, 0.5) is 5.82 Å². The van der Waals surface area contributed by atoms with Crippen LogP contribution in [-0.4, -0.2) is 27.8 Å². The maximum absolute atomic E-state index is 12.0. The predicted molar refractivity (Wildman–Crippen MR) is 66.6 cm³/mol. The normalized spacial score (nSPS) is 10.2. The van der Waals surface area contributed by atoms with Gasteiger partial charge in [-0.15, -0.1) is 11.3 Å². The highest BCUT2D eigenvalue weighted by Gasteiger charge is 2.13. The van der Waals surface area contributed by atoms with Gasteiger partial charge >= 0.3 is 0 Å². The van der Waals surface area contributed by atoms with Crippen molar-refractivity contribution < 1.29 is 4.79 Å². The molecular weight excluding hydrogens is 236 g/mol. The SMILES string of the molecule is CN(Cc1cscn1)C(=O)c1ccnc(N)c1. The Kier molecular flexibility index (Phi) is 3.34. The maximum Gasteiger partial charge on any atom is 0.254 e. The van der Waals surface area contributed by atoms with Gasteiger partial charge in [0.15, 0.2) is 0 Å². The van der Waals surface area contributed by atoms with Gasteiger partial charge < -0.3 is 10.6 Å². The second kappa shape index (κ2) is 4.92. The van der Waals surface area contributed by atoms with Crippen molar-refractivity contribution in [1.82, 2.24) is 14.9 Å². The zero-order valence-electron chi connectivity index (χ0n) is 9.33.